The van der Waals surface area contributed by atoms with Crippen LogP contribution in [0.5, 0.6) is 0 Å². The Morgan fingerprint density at radius 2 is 1.89 bits per heavy atom. The largest absolute Gasteiger partial charge is 0.423 e. The van der Waals surface area contributed by atoms with Crippen molar-refractivity contribution in [2.75, 3.05) is 31.1 Å². The Hall–Kier alpha value is -3.09. The summed E-state index contributed by atoms with van der Waals surface area (Å²) in [7, 11) is 0. The van der Waals surface area contributed by atoms with E-state index in [1.165, 1.54) is 0 Å². The van der Waals surface area contributed by atoms with Gasteiger partial charge in [-0.25, -0.2) is 4.79 Å². The van der Waals surface area contributed by atoms with Gasteiger partial charge in [-0.05, 0) is 29.7 Å². The second kappa shape index (κ2) is 7.88. The molecule has 28 heavy (non-hydrogen) atoms. The topological polar surface area (TPSA) is 74.5 Å². The molecule has 1 saturated heterocycles. The van der Waals surface area contributed by atoms with Crippen LogP contribution in [0.1, 0.15) is 25.5 Å². The van der Waals surface area contributed by atoms with Gasteiger partial charge in [-0.3, -0.25) is 4.98 Å². The highest BCUT2D eigenvalue weighted by Crippen LogP contribution is 2.24. The standard InChI is InChI=1S/C21H25N5O2/c1-15(2)19(16-6-5-9-22-14-16)24-20(27)25-10-12-26(13-11-25)21-23-17-7-3-4-8-18(17)28-21/h3-9,14-15,19H,10-13H2,1-2H3,(H,24,27)/t19-/m1/s1. The molecule has 0 saturated carbocycles. The van der Waals surface area contributed by atoms with Gasteiger partial charge in [0, 0.05) is 38.6 Å². The van der Waals surface area contributed by atoms with Crippen LogP contribution in [0.3, 0.4) is 0 Å². The molecule has 3 aromatic rings. The van der Waals surface area contributed by atoms with Crippen LogP contribution in [-0.4, -0.2) is 47.1 Å². The first kappa shape index (κ1) is 18.3. The summed E-state index contributed by atoms with van der Waals surface area (Å²) in [6.07, 6.45) is 3.56. The van der Waals surface area contributed by atoms with Gasteiger partial charge in [0.1, 0.15) is 5.52 Å². The number of fused-ring (bicyclic) bond motifs is 1. The molecule has 4 rings (SSSR count). The first-order valence-electron chi connectivity index (χ1n) is 9.67. The van der Waals surface area contributed by atoms with Crippen molar-refractivity contribution in [2.45, 2.75) is 19.9 Å². The molecule has 7 heteroatoms. The highest BCUT2D eigenvalue weighted by atomic mass is 16.4. The minimum atomic E-state index is -0.0590. The van der Waals surface area contributed by atoms with Gasteiger partial charge in [0.25, 0.3) is 6.01 Å². The molecule has 0 bridgehead atoms. The number of pyridine rings is 1. The first-order valence-corrected chi connectivity index (χ1v) is 9.67. The lowest BCUT2D eigenvalue weighted by atomic mass is 9.97. The summed E-state index contributed by atoms with van der Waals surface area (Å²) in [4.78, 5) is 25.5. The number of aromatic nitrogens is 2. The molecule has 0 aliphatic carbocycles. The third-order valence-corrected chi connectivity index (χ3v) is 5.11. The Labute approximate surface area is 164 Å². The molecular weight excluding hydrogens is 354 g/mol. The average Bonchev–Trinajstić information content (AvgIpc) is 3.16. The predicted molar refractivity (Wildman–Crippen MR) is 108 cm³/mol. The van der Waals surface area contributed by atoms with Crippen LogP contribution in [0.15, 0.2) is 53.2 Å². The van der Waals surface area contributed by atoms with Crippen LogP contribution >= 0.6 is 0 Å². The third kappa shape index (κ3) is 3.78. The minimum absolute atomic E-state index is 0.0419. The molecule has 3 heterocycles. The fraction of sp³-hybridized carbons (Fsp3) is 0.381. The number of amides is 2. The number of oxazole rings is 1. The molecule has 2 amide bonds. The normalized spacial score (nSPS) is 15.8. The number of anilines is 1. The number of para-hydroxylation sites is 2. The van der Waals surface area contributed by atoms with Crippen LogP contribution in [0, 0.1) is 5.92 Å². The Morgan fingerprint density at radius 3 is 2.57 bits per heavy atom. The van der Waals surface area contributed by atoms with Gasteiger partial charge in [-0.15, -0.1) is 0 Å². The SMILES string of the molecule is CC(C)[C@@H](NC(=O)N1CCN(c2nc3ccccc3o2)CC1)c1cccnc1. The van der Waals surface area contributed by atoms with Crippen molar-refractivity contribution in [3.63, 3.8) is 0 Å². The molecule has 1 N–H and O–H groups in total. The molecule has 1 atom stereocenters. The molecule has 1 aliphatic heterocycles. The number of nitrogens with zero attached hydrogens (tertiary/aromatic N) is 4. The number of carbonyl (C=O) groups excluding carboxylic acids is 1. The minimum Gasteiger partial charge on any atom is -0.423 e. The number of nitrogens with one attached hydrogen (secondary N) is 1. The van der Waals surface area contributed by atoms with Gasteiger partial charge < -0.3 is 19.5 Å². The molecule has 0 spiro atoms. The van der Waals surface area contributed by atoms with E-state index >= 15 is 0 Å². The molecule has 0 unspecified atom stereocenters. The van der Waals surface area contributed by atoms with E-state index in [0.29, 0.717) is 32.2 Å². The molecule has 1 fully saturated rings. The van der Waals surface area contributed by atoms with Crippen molar-refractivity contribution in [1.82, 2.24) is 20.2 Å². The van der Waals surface area contributed by atoms with E-state index in [9.17, 15) is 4.79 Å². The summed E-state index contributed by atoms with van der Waals surface area (Å²) >= 11 is 0. The maximum atomic E-state index is 12.8. The Kier molecular flexibility index (Phi) is 5.14. The zero-order valence-corrected chi connectivity index (χ0v) is 16.2. The summed E-state index contributed by atoms with van der Waals surface area (Å²) in [5.41, 5.74) is 2.67. The average molecular weight is 379 g/mol. The summed E-state index contributed by atoms with van der Waals surface area (Å²) in [5, 5.41) is 3.17. The molecule has 1 aromatic carbocycles. The van der Waals surface area contributed by atoms with Gasteiger partial charge >= 0.3 is 6.03 Å². The van der Waals surface area contributed by atoms with Gasteiger partial charge in [0.15, 0.2) is 5.58 Å². The Bertz CT molecular complexity index is 899. The van der Waals surface area contributed by atoms with Crippen molar-refractivity contribution < 1.29 is 9.21 Å². The van der Waals surface area contributed by atoms with Crippen LogP contribution in [0.4, 0.5) is 10.8 Å². The number of carbonyl (C=O) groups is 1. The highest BCUT2D eigenvalue weighted by Gasteiger charge is 2.26. The van der Waals surface area contributed by atoms with Gasteiger partial charge in [0.2, 0.25) is 0 Å². The summed E-state index contributed by atoms with van der Waals surface area (Å²) in [5.74, 6) is 0.272. The number of hydrogen-bond acceptors (Lipinski definition) is 5. The number of hydrogen-bond donors (Lipinski definition) is 1. The lowest BCUT2D eigenvalue weighted by Crippen LogP contribution is -2.52. The maximum absolute atomic E-state index is 12.8. The van der Waals surface area contributed by atoms with E-state index < -0.39 is 0 Å². The molecular formula is C21H25N5O2. The summed E-state index contributed by atoms with van der Waals surface area (Å²) in [6, 6.07) is 12.2. The highest BCUT2D eigenvalue weighted by molar-refractivity contribution is 5.76. The van der Waals surface area contributed by atoms with E-state index in [2.05, 4.69) is 34.0 Å². The van der Waals surface area contributed by atoms with E-state index in [-0.39, 0.29) is 18.0 Å². The maximum Gasteiger partial charge on any atom is 0.318 e. The smallest absolute Gasteiger partial charge is 0.318 e. The van der Waals surface area contributed by atoms with Crippen LogP contribution in [0.25, 0.3) is 11.1 Å². The third-order valence-electron chi connectivity index (χ3n) is 5.11. The number of benzene rings is 1. The van der Waals surface area contributed by atoms with Gasteiger partial charge in [-0.1, -0.05) is 32.0 Å². The lowest BCUT2D eigenvalue weighted by molar-refractivity contribution is 0.186. The fourth-order valence-corrected chi connectivity index (χ4v) is 3.52. The number of rotatable bonds is 4. The van der Waals surface area contributed by atoms with Crippen molar-refractivity contribution in [3.05, 3.63) is 54.4 Å². The van der Waals surface area contributed by atoms with E-state index in [1.54, 1.807) is 6.20 Å². The lowest BCUT2D eigenvalue weighted by Gasteiger charge is -2.35. The summed E-state index contributed by atoms with van der Waals surface area (Å²) < 4.78 is 5.85. The van der Waals surface area contributed by atoms with Crippen molar-refractivity contribution in [2.24, 2.45) is 5.92 Å². The van der Waals surface area contributed by atoms with E-state index in [0.717, 1.165) is 16.7 Å². The van der Waals surface area contributed by atoms with Crippen molar-refractivity contribution in [1.29, 1.82) is 0 Å². The van der Waals surface area contributed by atoms with Gasteiger partial charge in [-0.2, -0.15) is 4.98 Å². The van der Waals surface area contributed by atoms with E-state index in [4.69, 9.17) is 4.42 Å². The van der Waals surface area contributed by atoms with Crippen LogP contribution in [-0.2, 0) is 0 Å². The Balaban J connectivity index is 1.38. The molecule has 1 aliphatic rings. The molecule has 146 valence electrons. The van der Waals surface area contributed by atoms with Crippen LogP contribution < -0.4 is 10.2 Å². The second-order valence-corrected chi connectivity index (χ2v) is 7.40. The van der Waals surface area contributed by atoms with Crippen molar-refractivity contribution in [3.8, 4) is 0 Å². The summed E-state index contributed by atoms with van der Waals surface area (Å²) in [6.45, 7) is 6.84. The second-order valence-electron chi connectivity index (χ2n) is 7.40. The van der Waals surface area contributed by atoms with Crippen molar-refractivity contribution >= 4 is 23.1 Å². The number of urea groups is 1. The number of piperazine rings is 1. The predicted octanol–water partition coefficient (Wildman–Crippen LogP) is 3.45. The van der Waals surface area contributed by atoms with E-state index in [1.807, 2.05) is 47.5 Å². The first-order chi connectivity index (χ1) is 13.6. The fourth-order valence-electron chi connectivity index (χ4n) is 3.52. The zero-order valence-electron chi connectivity index (χ0n) is 16.2. The monoisotopic (exact) mass is 379 g/mol. The Morgan fingerprint density at radius 1 is 1.11 bits per heavy atom. The molecule has 7 nitrogen and oxygen atoms in total. The quantitative estimate of drug-likeness (QED) is 0.751. The molecule has 2 aromatic heterocycles. The zero-order chi connectivity index (χ0) is 19.5. The van der Waals surface area contributed by atoms with Gasteiger partial charge in [0.05, 0.1) is 6.04 Å². The van der Waals surface area contributed by atoms with Crippen LogP contribution in [0.2, 0.25) is 0 Å². The molecule has 0 radical (unpaired) electrons.